The van der Waals surface area contributed by atoms with E-state index in [9.17, 15) is 0 Å². The maximum absolute atomic E-state index is 6.71. The standard InChI is InChI=1S/C27H28Cl2N2/c1-5-16-12-20(13-17(6-2)26(16)30)24(25-22(28)10-9-11-23(25)29)21-14-18(7-3)27(31)19(8-4)15-21/h5,9-15,31H,1,6-8,30H2,2-4H3/p+1. The van der Waals surface area contributed by atoms with Crippen LogP contribution in [0.2, 0.25) is 10.0 Å². The Labute approximate surface area is 195 Å². The lowest BCUT2D eigenvalue weighted by Gasteiger charge is -2.21. The Kier molecular flexibility index (Phi) is 7.25. The minimum absolute atomic E-state index is 0.602. The van der Waals surface area contributed by atoms with E-state index in [4.69, 9.17) is 34.3 Å². The van der Waals surface area contributed by atoms with E-state index in [0.717, 1.165) is 75.2 Å². The van der Waals surface area contributed by atoms with Crippen LogP contribution in [0.25, 0.3) is 11.6 Å². The lowest BCUT2D eigenvalue weighted by Crippen LogP contribution is -2.42. The van der Waals surface area contributed by atoms with Crippen molar-refractivity contribution in [3.8, 4) is 0 Å². The van der Waals surface area contributed by atoms with Crippen LogP contribution in [0.3, 0.4) is 0 Å². The van der Waals surface area contributed by atoms with E-state index in [2.05, 4.69) is 51.6 Å². The van der Waals surface area contributed by atoms with Crippen LogP contribution in [0, 0.1) is 0 Å². The topological polar surface area (TPSA) is 51.6 Å². The van der Waals surface area contributed by atoms with Crippen LogP contribution >= 0.6 is 23.2 Å². The van der Waals surface area contributed by atoms with Crippen molar-refractivity contribution in [2.45, 2.75) is 40.0 Å². The van der Waals surface area contributed by atoms with E-state index in [0.29, 0.717) is 10.0 Å². The highest BCUT2D eigenvalue weighted by Crippen LogP contribution is 2.41. The van der Waals surface area contributed by atoms with Crippen molar-refractivity contribution in [3.05, 3.63) is 98.1 Å². The molecule has 0 aromatic heterocycles. The Hall–Kier alpha value is -2.55. The summed E-state index contributed by atoms with van der Waals surface area (Å²) < 4.78 is 0. The van der Waals surface area contributed by atoms with Crippen LogP contribution < -0.4 is 11.1 Å². The number of rotatable bonds is 6. The minimum Gasteiger partial charge on any atom is -0.398 e. The largest absolute Gasteiger partial charge is 0.398 e. The van der Waals surface area contributed by atoms with Gasteiger partial charge in [-0.3, -0.25) is 5.41 Å². The molecule has 160 valence electrons. The van der Waals surface area contributed by atoms with Gasteiger partial charge in [-0.25, -0.2) is 0 Å². The third-order valence-electron chi connectivity index (χ3n) is 5.80. The van der Waals surface area contributed by atoms with Crippen molar-refractivity contribution in [2.24, 2.45) is 0 Å². The Balaban J connectivity index is 2.48. The first-order valence-corrected chi connectivity index (χ1v) is 11.4. The maximum Gasteiger partial charge on any atom is 0.203 e. The zero-order valence-corrected chi connectivity index (χ0v) is 19.9. The number of anilines is 1. The van der Waals surface area contributed by atoms with Crippen LogP contribution in [0.4, 0.5) is 5.69 Å². The second-order valence-corrected chi connectivity index (χ2v) is 8.40. The molecule has 4 heteroatoms. The molecule has 0 saturated carbocycles. The fourth-order valence-corrected chi connectivity index (χ4v) is 4.63. The lowest BCUT2D eigenvalue weighted by molar-refractivity contribution is -0.112. The molecule has 0 radical (unpaired) electrons. The molecule has 0 amide bonds. The number of benzene rings is 2. The van der Waals surface area contributed by atoms with Gasteiger partial charge in [0, 0.05) is 32.4 Å². The van der Waals surface area contributed by atoms with Crippen molar-refractivity contribution >= 4 is 46.3 Å². The molecule has 3 rings (SSSR count). The molecule has 4 N–H and O–H groups in total. The number of aryl methyl sites for hydroxylation is 1. The van der Waals surface area contributed by atoms with Gasteiger partial charge < -0.3 is 5.73 Å². The average Bonchev–Trinajstić information content (AvgIpc) is 2.77. The third kappa shape index (κ3) is 4.42. The first kappa shape index (κ1) is 23.1. The predicted molar refractivity (Wildman–Crippen MR) is 136 cm³/mol. The molecule has 2 aromatic carbocycles. The smallest absolute Gasteiger partial charge is 0.203 e. The number of nitrogens with two attached hydrogens (primary N) is 2. The van der Waals surface area contributed by atoms with Crippen LogP contribution in [0.1, 0.15) is 55.9 Å². The molecule has 2 aromatic rings. The highest BCUT2D eigenvalue weighted by Gasteiger charge is 2.24. The van der Waals surface area contributed by atoms with Gasteiger partial charge in [0.1, 0.15) is 0 Å². The second kappa shape index (κ2) is 9.72. The summed E-state index contributed by atoms with van der Waals surface area (Å²) in [5.74, 6) is 0. The number of nitrogen functional groups attached to an aromatic ring is 1. The molecule has 31 heavy (non-hydrogen) atoms. The summed E-state index contributed by atoms with van der Waals surface area (Å²) in [6.07, 6.45) is 8.60. The molecule has 0 heterocycles. The number of halogens is 2. The van der Waals surface area contributed by atoms with Crippen molar-refractivity contribution in [3.63, 3.8) is 0 Å². The van der Waals surface area contributed by atoms with Gasteiger partial charge in [-0.05, 0) is 83.5 Å². The van der Waals surface area contributed by atoms with Gasteiger partial charge in [0.15, 0.2) is 0 Å². The van der Waals surface area contributed by atoms with E-state index < -0.39 is 0 Å². The number of allylic oxidation sites excluding steroid dienone is 5. The fourth-order valence-electron chi connectivity index (χ4n) is 4.04. The van der Waals surface area contributed by atoms with E-state index in [1.54, 1.807) is 6.08 Å². The van der Waals surface area contributed by atoms with E-state index in [1.807, 2.05) is 18.2 Å². The quantitative estimate of drug-likeness (QED) is 0.485. The zero-order valence-electron chi connectivity index (χ0n) is 18.4. The summed E-state index contributed by atoms with van der Waals surface area (Å²) in [4.78, 5) is 0. The molecular formula is C27H29Cl2N2+. The summed E-state index contributed by atoms with van der Waals surface area (Å²) in [6.45, 7) is 10.3. The molecule has 1 aliphatic carbocycles. The first-order valence-electron chi connectivity index (χ1n) is 10.6. The third-order valence-corrected chi connectivity index (χ3v) is 6.43. The fraction of sp³-hybridized carbons (Fsp3) is 0.222. The second-order valence-electron chi connectivity index (χ2n) is 7.58. The molecule has 0 aliphatic heterocycles. The number of hydrogen-bond acceptors (Lipinski definition) is 1. The average molecular weight is 452 g/mol. The van der Waals surface area contributed by atoms with Crippen molar-refractivity contribution in [1.29, 1.82) is 0 Å². The van der Waals surface area contributed by atoms with Crippen molar-refractivity contribution < 1.29 is 5.41 Å². The molecule has 0 atom stereocenters. The first-order chi connectivity index (χ1) is 14.9. The van der Waals surface area contributed by atoms with Gasteiger partial charge in [0.2, 0.25) is 5.71 Å². The van der Waals surface area contributed by atoms with Gasteiger partial charge in [-0.1, -0.05) is 62.7 Å². The molecule has 0 unspecified atom stereocenters. The summed E-state index contributed by atoms with van der Waals surface area (Å²) in [7, 11) is 0. The number of hydrogen-bond donors (Lipinski definition) is 2. The molecule has 0 spiro atoms. The molecule has 2 nitrogen and oxygen atoms in total. The van der Waals surface area contributed by atoms with Crippen molar-refractivity contribution in [2.75, 3.05) is 5.73 Å². The molecule has 0 fully saturated rings. The van der Waals surface area contributed by atoms with Gasteiger partial charge in [0.05, 0.1) is 0 Å². The Bertz CT molecular complexity index is 1100. The Morgan fingerprint density at radius 1 is 1.00 bits per heavy atom. The highest BCUT2D eigenvalue weighted by atomic mass is 35.5. The van der Waals surface area contributed by atoms with E-state index in [-0.39, 0.29) is 0 Å². The predicted octanol–water partition coefficient (Wildman–Crippen LogP) is 6.47. The van der Waals surface area contributed by atoms with Crippen LogP contribution in [0.5, 0.6) is 0 Å². The van der Waals surface area contributed by atoms with E-state index in [1.165, 1.54) is 0 Å². The van der Waals surface area contributed by atoms with Crippen LogP contribution in [-0.4, -0.2) is 5.71 Å². The summed E-state index contributed by atoms with van der Waals surface area (Å²) in [6, 6.07) is 9.79. The normalized spacial score (nSPS) is 13.7. The SMILES string of the molecule is C=Cc1cc(C(=C2C=C(CC)C(=[NH2+])C(CC)=C2)c2c(Cl)cccc2Cl)cc(CC)c1N. The summed E-state index contributed by atoms with van der Waals surface area (Å²) >= 11 is 13.4. The van der Waals surface area contributed by atoms with Crippen LogP contribution in [0.15, 0.2) is 65.8 Å². The van der Waals surface area contributed by atoms with Gasteiger partial charge in [-0.15, -0.1) is 0 Å². The Morgan fingerprint density at radius 3 is 2.06 bits per heavy atom. The zero-order chi connectivity index (χ0) is 22.7. The van der Waals surface area contributed by atoms with Gasteiger partial charge in [0.25, 0.3) is 0 Å². The molecule has 1 aliphatic rings. The summed E-state index contributed by atoms with van der Waals surface area (Å²) in [5, 5.41) is 7.64. The summed E-state index contributed by atoms with van der Waals surface area (Å²) in [5.41, 5.74) is 16.0. The van der Waals surface area contributed by atoms with Gasteiger partial charge in [-0.2, -0.15) is 0 Å². The molecular weight excluding hydrogens is 423 g/mol. The van der Waals surface area contributed by atoms with Gasteiger partial charge >= 0.3 is 0 Å². The molecule has 0 saturated heterocycles. The monoisotopic (exact) mass is 451 g/mol. The Morgan fingerprint density at radius 2 is 1.58 bits per heavy atom. The van der Waals surface area contributed by atoms with Crippen molar-refractivity contribution in [1.82, 2.24) is 0 Å². The molecule has 0 bridgehead atoms. The van der Waals surface area contributed by atoms with E-state index >= 15 is 0 Å². The maximum atomic E-state index is 6.71. The highest BCUT2D eigenvalue weighted by molar-refractivity contribution is 6.38. The van der Waals surface area contributed by atoms with Crippen LogP contribution in [-0.2, 0) is 6.42 Å². The lowest BCUT2D eigenvalue weighted by atomic mass is 9.83. The minimum atomic E-state index is 0.602.